The van der Waals surface area contributed by atoms with E-state index < -0.39 is 0 Å². The maximum Gasteiger partial charge on any atom is 0.318 e. The zero-order valence-corrected chi connectivity index (χ0v) is 12.5. The normalized spacial score (nSPS) is 16.8. The van der Waals surface area contributed by atoms with Crippen LogP contribution in [0.2, 0.25) is 10.0 Å². The van der Waals surface area contributed by atoms with Crippen LogP contribution in [0.1, 0.15) is 5.56 Å². The molecule has 3 nitrogen and oxygen atoms in total. The summed E-state index contributed by atoms with van der Waals surface area (Å²) in [5.74, 6) is 0.374. The molecule has 0 unspecified atom stereocenters. The molecule has 108 valence electrons. The Morgan fingerprint density at radius 1 is 1.14 bits per heavy atom. The maximum atomic E-state index is 12.2. The Hall–Kier alpha value is -1.71. The second kappa shape index (κ2) is 5.96. The first-order valence-electron chi connectivity index (χ1n) is 6.51. The molecule has 0 aromatic heterocycles. The SMILES string of the molecule is O=C(Oc1cccc(Cl)c1Cl)[C@@H]1COc2ccccc2C1. The van der Waals surface area contributed by atoms with Gasteiger partial charge in [-0.05, 0) is 30.2 Å². The molecule has 2 aromatic carbocycles. The number of hydrogen-bond donors (Lipinski definition) is 0. The molecule has 0 saturated carbocycles. The molecule has 1 atom stereocenters. The molecule has 1 aliphatic heterocycles. The number of para-hydroxylation sites is 1. The van der Waals surface area contributed by atoms with Gasteiger partial charge in [0.05, 0.1) is 10.9 Å². The lowest BCUT2D eigenvalue weighted by atomic mass is 9.97. The van der Waals surface area contributed by atoms with Crippen LogP contribution in [0.3, 0.4) is 0 Å². The minimum atomic E-state index is -0.367. The zero-order chi connectivity index (χ0) is 14.8. The molecule has 0 bridgehead atoms. The molecule has 0 fully saturated rings. The van der Waals surface area contributed by atoms with Crippen molar-refractivity contribution in [1.82, 2.24) is 0 Å². The molecule has 0 spiro atoms. The first kappa shape index (κ1) is 14.2. The average molecular weight is 323 g/mol. The largest absolute Gasteiger partial charge is 0.492 e. The van der Waals surface area contributed by atoms with Gasteiger partial charge in [-0.25, -0.2) is 0 Å². The summed E-state index contributed by atoms with van der Waals surface area (Å²) >= 11 is 11.9. The molecule has 0 aliphatic carbocycles. The van der Waals surface area contributed by atoms with Crippen LogP contribution >= 0.6 is 23.2 Å². The lowest BCUT2D eigenvalue weighted by molar-refractivity contribution is -0.140. The summed E-state index contributed by atoms with van der Waals surface area (Å²) < 4.78 is 10.9. The maximum absolute atomic E-state index is 12.2. The van der Waals surface area contributed by atoms with Gasteiger partial charge in [-0.1, -0.05) is 47.5 Å². The van der Waals surface area contributed by atoms with E-state index in [-0.39, 0.29) is 22.7 Å². The highest BCUT2D eigenvalue weighted by Gasteiger charge is 2.28. The van der Waals surface area contributed by atoms with Crippen LogP contribution in [-0.4, -0.2) is 12.6 Å². The smallest absolute Gasteiger partial charge is 0.318 e. The predicted octanol–water partition coefficient (Wildman–Crippen LogP) is 4.15. The molecule has 5 heteroatoms. The number of fused-ring (bicyclic) bond motifs is 1. The Bertz CT molecular complexity index is 685. The highest BCUT2D eigenvalue weighted by atomic mass is 35.5. The number of carbonyl (C=O) groups excluding carboxylic acids is 1. The van der Waals surface area contributed by atoms with E-state index in [2.05, 4.69) is 0 Å². The Morgan fingerprint density at radius 3 is 2.81 bits per heavy atom. The number of rotatable bonds is 2. The van der Waals surface area contributed by atoms with E-state index in [1.54, 1.807) is 18.2 Å². The zero-order valence-electron chi connectivity index (χ0n) is 11.0. The fourth-order valence-electron chi connectivity index (χ4n) is 2.23. The van der Waals surface area contributed by atoms with E-state index in [9.17, 15) is 4.79 Å². The van der Waals surface area contributed by atoms with E-state index in [4.69, 9.17) is 32.7 Å². The number of benzene rings is 2. The van der Waals surface area contributed by atoms with Crippen molar-refractivity contribution < 1.29 is 14.3 Å². The van der Waals surface area contributed by atoms with Crippen LogP contribution in [0.15, 0.2) is 42.5 Å². The molecule has 3 rings (SSSR count). The number of ether oxygens (including phenoxy) is 2. The second-order valence-electron chi connectivity index (χ2n) is 4.79. The van der Waals surface area contributed by atoms with Crippen molar-refractivity contribution in [3.8, 4) is 11.5 Å². The van der Waals surface area contributed by atoms with Crippen molar-refractivity contribution in [1.29, 1.82) is 0 Å². The van der Waals surface area contributed by atoms with E-state index in [0.717, 1.165) is 11.3 Å². The Kier molecular flexibility index (Phi) is 4.04. The Balaban J connectivity index is 1.74. The van der Waals surface area contributed by atoms with Crippen LogP contribution in [-0.2, 0) is 11.2 Å². The molecule has 0 N–H and O–H groups in total. The highest BCUT2D eigenvalue weighted by molar-refractivity contribution is 6.43. The summed E-state index contributed by atoms with van der Waals surface area (Å²) in [7, 11) is 0. The third-order valence-electron chi connectivity index (χ3n) is 3.34. The first-order chi connectivity index (χ1) is 10.1. The second-order valence-corrected chi connectivity index (χ2v) is 5.58. The van der Waals surface area contributed by atoms with Gasteiger partial charge in [0.15, 0.2) is 5.75 Å². The van der Waals surface area contributed by atoms with Gasteiger partial charge in [-0.3, -0.25) is 4.79 Å². The Morgan fingerprint density at radius 2 is 1.95 bits per heavy atom. The average Bonchev–Trinajstić information content (AvgIpc) is 2.51. The van der Waals surface area contributed by atoms with Crippen LogP contribution < -0.4 is 9.47 Å². The topological polar surface area (TPSA) is 35.5 Å². The van der Waals surface area contributed by atoms with Gasteiger partial charge in [-0.15, -0.1) is 0 Å². The summed E-state index contributed by atoms with van der Waals surface area (Å²) in [4.78, 5) is 12.2. The molecule has 1 heterocycles. The molecule has 0 radical (unpaired) electrons. The fourth-order valence-corrected chi connectivity index (χ4v) is 2.56. The molecule has 0 saturated heterocycles. The number of hydrogen-bond acceptors (Lipinski definition) is 3. The van der Waals surface area contributed by atoms with Crippen LogP contribution in [0.5, 0.6) is 11.5 Å². The molecular formula is C16H12Cl2O3. The van der Waals surface area contributed by atoms with Gasteiger partial charge in [0.1, 0.15) is 17.4 Å². The van der Waals surface area contributed by atoms with E-state index in [1.165, 1.54) is 0 Å². The molecule has 2 aromatic rings. The number of esters is 1. The predicted molar refractivity (Wildman–Crippen MR) is 81.2 cm³/mol. The minimum Gasteiger partial charge on any atom is -0.492 e. The third kappa shape index (κ3) is 2.99. The quantitative estimate of drug-likeness (QED) is 0.615. The lowest BCUT2D eigenvalue weighted by Crippen LogP contribution is -2.31. The van der Waals surface area contributed by atoms with Crippen molar-refractivity contribution in [3.63, 3.8) is 0 Å². The van der Waals surface area contributed by atoms with E-state index in [0.29, 0.717) is 18.1 Å². The van der Waals surface area contributed by atoms with Gasteiger partial charge < -0.3 is 9.47 Å². The van der Waals surface area contributed by atoms with Gasteiger partial charge in [-0.2, -0.15) is 0 Å². The number of carbonyl (C=O) groups is 1. The van der Waals surface area contributed by atoms with Crippen LogP contribution in [0.4, 0.5) is 0 Å². The standard InChI is InChI=1S/C16H12Cl2O3/c17-12-5-3-7-14(15(12)18)21-16(19)11-8-10-4-1-2-6-13(10)20-9-11/h1-7,11H,8-9H2/t11-/m0/s1. The van der Waals surface area contributed by atoms with Gasteiger partial charge >= 0.3 is 5.97 Å². The van der Waals surface area contributed by atoms with Gasteiger partial charge in [0.2, 0.25) is 0 Å². The van der Waals surface area contributed by atoms with E-state index in [1.807, 2.05) is 24.3 Å². The molecule has 1 aliphatic rings. The lowest BCUT2D eigenvalue weighted by Gasteiger charge is -2.23. The van der Waals surface area contributed by atoms with Crippen molar-refractivity contribution in [2.24, 2.45) is 5.92 Å². The molecular weight excluding hydrogens is 311 g/mol. The van der Waals surface area contributed by atoms with Crippen molar-refractivity contribution in [2.75, 3.05) is 6.61 Å². The summed E-state index contributed by atoms with van der Waals surface area (Å²) in [6.07, 6.45) is 0.590. The monoisotopic (exact) mass is 322 g/mol. The van der Waals surface area contributed by atoms with Crippen molar-refractivity contribution in [2.45, 2.75) is 6.42 Å². The van der Waals surface area contributed by atoms with Crippen LogP contribution in [0, 0.1) is 5.92 Å². The van der Waals surface area contributed by atoms with Crippen molar-refractivity contribution >= 4 is 29.2 Å². The minimum absolute atomic E-state index is 0.240. The van der Waals surface area contributed by atoms with Crippen molar-refractivity contribution in [3.05, 3.63) is 58.1 Å². The van der Waals surface area contributed by atoms with E-state index >= 15 is 0 Å². The molecule has 21 heavy (non-hydrogen) atoms. The summed E-state index contributed by atoms with van der Waals surface area (Å²) in [5, 5.41) is 0.594. The fraction of sp³-hybridized carbons (Fsp3) is 0.188. The summed E-state index contributed by atoms with van der Waals surface area (Å²) in [5.41, 5.74) is 1.00. The third-order valence-corrected chi connectivity index (χ3v) is 4.14. The number of halogens is 2. The highest BCUT2D eigenvalue weighted by Crippen LogP contribution is 2.33. The summed E-state index contributed by atoms with van der Waals surface area (Å²) in [6, 6.07) is 12.6. The van der Waals surface area contributed by atoms with Gasteiger partial charge in [0.25, 0.3) is 0 Å². The van der Waals surface area contributed by atoms with Gasteiger partial charge in [0, 0.05) is 0 Å². The summed E-state index contributed by atoms with van der Waals surface area (Å²) in [6.45, 7) is 0.300. The molecule has 0 amide bonds. The first-order valence-corrected chi connectivity index (χ1v) is 7.27. The Labute approximate surface area is 132 Å². The van der Waals surface area contributed by atoms with Crippen LogP contribution in [0.25, 0.3) is 0 Å².